The second kappa shape index (κ2) is 6.20. The minimum atomic E-state index is -0.583. The van der Waals surface area contributed by atoms with Gasteiger partial charge >= 0.3 is 0 Å². The fourth-order valence-electron chi connectivity index (χ4n) is 2.45. The van der Waals surface area contributed by atoms with Crippen LogP contribution in [-0.2, 0) is 0 Å². The number of hydrogen-bond acceptors (Lipinski definition) is 3. The lowest BCUT2D eigenvalue weighted by Gasteiger charge is -2.35. The largest absolute Gasteiger partial charge is 0.338 e. The molecule has 0 radical (unpaired) electrons. The number of halogens is 2. The van der Waals surface area contributed by atoms with Crippen LogP contribution in [0, 0.1) is 22.0 Å². The summed E-state index contributed by atoms with van der Waals surface area (Å²) in [5.74, 6) is 0.637. The first kappa shape index (κ1) is 16.0. The zero-order chi connectivity index (χ0) is 15.7. The number of nitro groups is 1. The van der Waals surface area contributed by atoms with E-state index in [1.54, 1.807) is 4.90 Å². The molecule has 1 amide bonds. The molecule has 21 heavy (non-hydrogen) atoms. The molecule has 0 bridgehead atoms. The van der Waals surface area contributed by atoms with Gasteiger partial charge in [0.15, 0.2) is 0 Å². The summed E-state index contributed by atoms with van der Waals surface area (Å²) in [4.78, 5) is 24.6. The smallest absolute Gasteiger partial charge is 0.271 e. The van der Waals surface area contributed by atoms with Gasteiger partial charge in [0.25, 0.3) is 11.6 Å². The normalized spacial score (nSPS) is 22.2. The highest BCUT2D eigenvalue weighted by atomic mass is 35.5. The maximum Gasteiger partial charge on any atom is 0.271 e. The SMILES string of the molecule is CC1CCN(C(=O)c2cc([N+](=O)[O-])cc(Cl)c2Cl)CC1C. The van der Waals surface area contributed by atoms with Crippen LogP contribution in [0.1, 0.15) is 30.6 Å². The van der Waals surface area contributed by atoms with Crippen LogP contribution in [0.5, 0.6) is 0 Å². The highest BCUT2D eigenvalue weighted by Gasteiger charge is 2.29. The van der Waals surface area contributed by atoms with Gasteiger partial charge in [-0.05, 0) is 18.3 Å². The second-order valence-electron chi connectivity index (χ2n) is 5.54. The first-order valence-electron chi connectivity index (χ1n) is 6.74. The number of non-ortho nitro benzene ring substituents is 1. The predicted molar refractivity (Wildman–Crippen MR) is 82.0 cm³/mol. The van der Waals surface area contributed by atoms with Crippen molar-refractivity contribution in [3.8, 4) is 0 Å². The Hall–Kier alpha value is -1.33. The van der Waals surface area contributed by atoms with Crippen LogP contribution in [0.2, 0.25) is 10.0 Å². The average molecular weight is 331 g/mol. The summed E-state index contributed by atoms with van der Waals surface area (Å²) in [7, 11) is 0. The molecule has 2 atom stereocenters. The summed E-state index contributed by atoms with van der Waals surface area (Å²) in [6.07, 6.45) is 0.910. The van der Waals surface area contributed by atoms with Crippen molar-refractivity contribution >= 4 is 34.8 Å². The van der Waals surface area contributed by atoms with Gasteiger partial charge in [-0.1, -0.05) is 37.0 Å². The number of nitrogens with zero attached hydrogens (tertiary/aromatic N) is 2. The molecule has 7 heteroatoms. The molecular weight excluding hydrogens is 315 g/mol. The fraction of sp³-hybridized carbons (Fsp3) is 0.500. The number of hydrogen-bond donors (Lipinski definition) is 0. The van der Waals surface area contributed by atoms with Crippen molar-refractivity contribution in [2.24, 2.45) is 11.8 Å². The fourth-order valence-corrected chi connectivity index (χ4v) is 2.86. The van der Waals surface area contributed by atoms with E-state index in [-0.39, 0.29) is 27.2 Å². The molecular formula is C14H16Cl2N2O3. The van der Waals surface area contributed by atoms with Gasteiger partial charge in [0.1, 0.15) is 0 Å². The molecule has 1 aliphatic rings. The molecule has 0 N–H and O–H groups in total. The molecule has 1 aromatic carbocycles. The van der Waals surface area contributed by atoms with Gasteiger partial charge in [-0.2, -0.15) is 0 Å². The van der Waals surface area contributed by atoms with Crippen molar-refractivity contribution in [1.29, 1.82) is 0 Å². The number of carbonyl (C=O) groups is 1. The topological polar surface area (TPSA) is 63.5 Å². The van der Waals surface area contributed by atoms with E-state index in [1.165, 1.54) is 6.07 Å². The third-order valence-electron chi connectivity index (χ3n) is 4.08. The monoisotopic (exact) mass is 330 g/mol. The quantitative estimate of drug-likeness (QED) is 0.607. The molecule has 0 aliphatic carbocycles. The number of benzene rings is 1. The minimum Gasteiger partial charge on any atom is -0.338 e. The summed E-state index contributed by atoms with van der Waals surface area (Å²) in [5, 5.41) is 11.0. The van der Waals surface area contributed by atoms with E-state index in [4.69, 9.17) is 23.2 Å². The van der Waals surface area contributed by atoms with Crippen LogP contribution in [-0.4, -0.2) is 28.8 Å². The lowest BCUT2D eigenvalue weighted by molar-refractivity contribution is -0.384. The Morgan fingerprint density at radius 3 is 2.57 bits per heavy atom. The van der Waals surface area contributed by atoms with E-state index in [9.17, 15) is 14.9 Å². The van der Waals surface area contributed by atoms with E-state index in [0.717, 1.165) is 12.5 Å². The Morgan fingerprint density at radius 1 is 1.33 bits per heavy atom. The molecule has 1 aliphatic heterocycles. The summed E-state index contributed by atoms with van der Waals surface area (Å²) in [6, 6.07) is 2.35. The van der Waals surface area contributed by atoms with Crippen LogP contribution in [0.25, 0.3) is 0 Å². The molecule has 2 rings (SSSR count). The maximum absolute atomic E-state index is 12.6. The van der Waals surface area contributed by atoms with Crippen molar-refractivity contribution in [3.05, 3.63) is 37.9 Å². The molecule has 1 aromatic rings. The molecule has 2 unspecified atom stereocenters. The molecule has 0 spiro atoms. The standard InChI is InChI=1S/C14H16Cl2N2O3/c1-8-3-4-17(7-9(8)2)14(19)11-5-10(18(20)21)6-12(15)13(11)16/h5-6,8-9H,3-4,7H2,1-2H3. The van der Waals surface area contributed by atoms with E-state index < -0.39 is 4.92 Å². The summed E-state index contributed by atoms with van der Waals surface area (Å²) in [5.41, 5.74) is -0.135. The van der Waals surface area contributed by atoms with Gasteiger partial charge in [-0.25, -0.2) is 0 Å². The van der Waals surface area contributed by atoms with Gasteiger partial charge in [0, 0.05) is 25.2 Å². The number of piperidine rings is 1. The van der Waals surface area contributed by atoms with Crippen LogP contribution >= 0.6 is 23.2 Å². The van der Waals surface area contributed by atoms with E-state index in [1.807, 2.05) is 0 Å². The lowest BCUT2D eigenvalue weighted by Crippen LogP contribution is -2.42. The first-order chi connectivity index (χ1) is 9.81. The molecule has 5 nitrogen and oxygen atoms in total. The van der Waals surface area contributed by atoms with Crippen molar-refractivity contribution in [2.45, 2.75) is 20.3 Å². The zero-order valence-electron chi connectivity index (χ0n) is 11.8. The number of carbonyl (C=O) groups excluding carboxylic acids is 1. The Kier molecular flexibility index (Phi) is 4.74. The maximum atomic E-state index is 12.6. The van der Waals surface area contributed by atoms with E-state index in [0.29, 0.717) is 24.9 Å². The summed E-state index contributed by atoms with van der Waals surface area (Å²) in [6.45, 7) is 5.49. The second-order valence-corrected chi connectivity index (χ2v) is 6.33. The van der Waals surface area contributed by atoms with Crippen LogP contribution in [0.15, 0.2) is 12.1 Å². The van der Waals surface area contributed by atoms with Crippen molar-refractivity contribution in [3.63, 3.8) is 0 Å². The summed E-state index contributed by atoms with van der Waals surface area (Å²) < 4.78 is 0. The third-order valence-corrected chi connectivity index (χ3v) is 4.88. The van der Waals surface area contributed by atoms with Crippen LogP contribution < -0.4 is 0 Å². The number of likely N-dealkylation sites (tertiary alicyclic amines) is 1. The summed E-state index contributed by atoms with van der Waals surface area (Å²) >= 11 is 11.9. The molecule has 0 aromatic heterocycles. The van der Waals surface area contributed by atoms with Gasteiger partial charge in [-0.15, -0.1) is 0 Å². The number of amides is 1. The highest BCUT2D eigenvalue weighted by molar-refractivity contribution is 6.44. The van der Waals surface area contributed by atoms with Crippen LogP contribution in [0.4, 0.5) is 5.69 Å². The molecule has 1 saturated heterocycles. The molecule has 114 valence electrons. The predicted octanol–water partition coefficient (Wildman–Crippen LogP) is 4.02. The molecule has 0 saturated carbocycles. The van der Waals surface area contributed by atoms with Gasteiger partial charge in [-0.3, -0.25) is 14.9 Å². The first-order valence-corrected chi connectivity index (χ1v) is 7.49. The van der Waals surface area contributed by atoms with E-state index >= 15 is 0 Å². The number of nitro benzene ring substituents is 1. The van der Waals surface area contributed by atoms with Crippen LogP contribution in [0.3, 0.4) is 0 Å². The minimum absolute atomic E-state index is 0.0210. The van der Waals surface area contributed by atoms with Crippen molar-refractivity contribution in [2.75, 3.05) is 13.1 Å². The van der Waals surface area contributed by atoms with Gasteiger partial charge < -0.3 is 4.90 Å². The van der Waals surface area contributed by atoms with Crippen molar-refractivity contribution in [1.82, 2.24) is 4.90 Å². The van der Waals surface area contributed by atoms with Gasteiger partial charge in [0.05, 0.1) is 20.5 Å². The zero-order valence-corrected chi connectivity index (χ0v) is 13.3. The van der Waals surface area contributed by atoms with Gasteiger partial charge in [0.2, 0.25) is 0 Å². The van der Waals surface area contributed by atoms with E-state index in [2.05, 4.69) is 13.8 Å². The Balaban J connectivity index is 2.33. The Morgan fingerprint density at radius 2 is 2.00 bits per heavy atom. The molecule has 1 fully saturated rings. The average Bonchev–Trinajstić information content (AvgIpc) is 2.43. The lowest BCUT2D eigenvalue weighted by atomic mass is 9.88. The Labute approximate surface area is 133 Å². The third kappa shape index (κ3) is 3.30. The van der Waals surface area contributed by atoms with Crippen molar-refractivity contribution < 1.29 is 9.72 Å². The highest BCUT2D eigenvalue weighted by Crippen LogP contribution is 2.33. The molecule has 1 heterocycles. The Bertz CT molecular complexity index is 592. The number of rotatable bonds is 2.